The largest absolute Gasteiger partial charge is 0.478 e. The van der Waals surface area contributed by atoms with Crippen molar-refractivity contribution in [2.75, 3.05) is 24.5 Å². The van der Waals surface area contributed by atoms with Crippen molar-refractivity contribution in [2.45, 2.75) is 25.7 Å². The summed E-state index contributed by atoms with van der Waals surface area (Å²) in [4.78, 5) is 37.2. The molecule has 1 amide bonds. The Morgan fingerprint density at radius 3 is 2.10 bits per heavy atom. The molecule has 29 heavy (non-hydrogen) atoms. The van der Waals surface area contributed by atoms with Gasteiger partial charge in [0.25, 0.3) is 5.91 Å². The highest BCUT2D eigenvalue weighted by Gasteiger charge is 2.20. The van der Waals surface area contributed by atoms with Gasteiger partial charge in [-0.3, -0.25) is 4.79 Å². The van der Waals surface area contributed by atoms with Gasteiger partial charge in [-0.2, -0.15) is 0 Å². The lowest BCUT2D eigenvalue weighted by Gasteiger charge is -2.30. The fraction of sp³-hybridized carbons (Fsp3) is 0.318. The molecule has 2 aromatic rings. The molecule has 7 nitrogen and oxygen atoms in total. The second kappa shape index (κ2) is 9.23. The Labute approximate surface area is 169 Å². The summed E-state index contributed by atoms with van der Waals surface area (Å²) in [6, 6.07) is 11.2. The summed E-state index contributed by atoms with van der Waals surface area (Å²) in [6.45, 7) is 2.06. The van der Waals surface area contributed by atoms with Crippen LogP contribution in [-0.4, -0.2) is 47.7 Å². The van der Waals surface area contributed by atoms with Gasteiger partial charge in [-0.05, 0) is 61.6 Å². The van der Waals surface area contributed by atoms with Crippen molar-refractivity contribution in [2.24, 2.45) is 0 Å². The van der Waals surface area contributed by atoms with Gasteiger partial charge in [0.1, 0.15) is 0 Å². The number of hydrogen-bond donors (Lipinski definition) is 3. The number of aromatic carboxylic acids is 2. The Morgan fingerprint density at radius 2 is 1.48 bits per heavy atom. The molecule has 1 aliphatic rings. The molecule has 1 fully saturated rings. The van der Waals surface area contributed by atoms with Crippen molar-refractivity contribution in [1.29, 1.82) is 0 Å². The van der Waals surface area contributed by atoms with E-state index in [1.165, 1.54) is 24.3 Å². The number of benzene rings is 2. The van der Waals surface area contributed by atoms with E-state index in [1.54, 1.807) is 18.2 Å². The van der Waals surface area contributed by atoms with Crippen LogP contribution in [0.15, 0.2) is 42.5 Å². The van der Waals surface area contributed by atoms with Crippen LogP contribution in [-0.2, 0) is 6.42 Å². The van der Waals surface area contributed by atoms with Gasteiger partial charge in [-0.25, -0.2) is 9.59 Å². The molecule has 0 aromatic heterocycles. The number of nitrogens with zero attached hydrogens (tertiary/aromatic N) is 1. The number of carbonyl (C=O) groups excluding carboxylic acids is 1. The molecule has 0 bridgehead atoms. The van der Waals surface area contributed by atoms with Crippen LogP contribution >= 0.6 is 0 Å². The van der Waals surface area contributed by atoms with E-state index >= 15 is 0 Å². The summed E-state index contributed by atoms with van der Waals surface area (Å²) < 4.78 is 0. The maximum atomic E-state index is 12.8. The van der Waals surface area contributed by atoms with Crippen LogP contribution in [0.25, 0.3) is 0 Å². The molecule has 1 aliphatic heterocycles. The summed E-state index contributed by atoms with van der Waals surface area (Å²) in [7, 11) is 0. The molecule has 7 heteroatoms. The Hall–Kier alpha value is -3.35. The summed E-state index contributed by atoms with van der Waals surface area (Å²) in [5.74, 6) is -2.35. The lowest BCUT2D eigenvalue weighted by atomic mass is 10.0. The van der Waals surface area contributed by atoms with E-state index in [2.05, 4.69) is 10.2 Å². The van der Waals surface area contributed by atoms with Crippen LogP contribution in [0.4, 0.5) is 5.69 Å². The first-order valence-corrected chi connectivity index (χ1v) is 9.68. The monoisotopic (exact) mass is 396 g/mol. The van der Waals surface area contributed by atoms with Crippen LogP contribution in [0.1, 0.15) is 55.9 Å². The summed E-state index contributed by atoms with van der Waals surface area (Å²) in [6.07, 6.45) is 3.80. The number of anilines is 1. The summed E-state index contributed by atoms with van der Waals surface area (Å²) >= 11 is 0. The molecule has 2 aromatic carbocycles. The molecule has 0 aliphatic carbocycles. The van der Waals surface area contributed by atoms with E-state index in [0.29, 0.717) is 18.5 Å². The normalized spacial score (nSPS) is 13.7. The maximum absolute atomic E-state index is 12.8. The van der Waals surface area contributed by atoms with E-state index in [1.807, 2.05) is 0 Å². The van der Waals surface area contributed by atoms with E-state index in [4.69, 9.17) is 5.11 Å². The number of carboxylic acid groups (broad SMARTS) is 2. The minimum absolute atomic E-state index is 0.0835. The fourth-order valence-corrected chi connectivity index (χ4v) is 3.49. The number of hydrogen-bond acceptors (Lipinski definition) is 4. The number of carboxylic acids is 2. The topological polar surface area (TPSA) is 107 Å². The van der Waals surface area contributed by atoms with Crippen molar-refractivity contribution in [3.05, 3.63) is 64.7 Å². The zero-order chi connectivity index (χ0) is 20.8. The van der Waals surface area contributed by atoms with Gasteiger partial charge in [-0.1, -0.05) is 12.1 Å². The zero-order valence-electron chi connectivity index (χ0n) is 16.1. The molecule has 0 spiro atoms. The predicted molar refractivity (Wildman–Crippen MR) is 109 cm³/mol. The average Bonchev–Trinajstić information content (AvgIpc) is 2.74. The first kappa shape index (κ1) is 20.4. The second-order valence-electron chi connectivity index (χ2n) is 7.09. The van der Waals surface area contributed by atoms with E-state index in [-0.39, 0.29) is 17.0 Å². The molecule has 1 saturated heterocycles. The molecule has 3 N–H and O–H groups in total. The summed E-state index contributed by atoms with van der Waals surface area (Å²) in [5.41, 5.74) is 2.34. The molecule has 0 atom stereocenters. The second-order valence-corrected chi connectivity index (χ2v) is 7.09. The van der Waals surface area contributed by atoms with Crippen LogP contribution in [0, 0.1) is 0 Å². The minimum atomic E-state index is -1.07. The molecule has 152 valence electrons. The van der Waals surface area contributed by atoms with Gasteiger partial charge < -0.3 is 20.4 Å². The molecule has 0 unspecified atom stereocenters. The van der Waals surface area contributed by atoms with Gasteiger partial charge in [0.15, 0.2) is 0 Å². The van der Waals surface area contributed by atoms with Crippen molar-refractivity contribution in [3.63, 3.8) is 0 Å². The smallest absolute Gasteiger partial charge is 0.335 e. The SMILES string of the molecule is O=C(O)c1ccc(CCNC(=O)c2cc(C(=O)O)ccc2N2CCCCC2)cc1. The number of nitrogens with one attached hydrogen (secondary N) is 1. The van der Waals surface area contributed by atoms with Gasteiger partial charge in [0.2, 0.25) is 0 Å². The molecule has 0 saturated carbocycles. The number of amides is 1. The van der Waals surface area contributed by atoms with Crippen LogP contribution in [0.5, 0.6) is 0 Å². The van der Waals surface area contributed by atoms with Gasteiger partial charge in [-0.15, -0.1) is 0 Å². The zero-order valence-corrected chi connectivity index (χ0v) is 16.1. The Kier molecular flexibility index (Phi) is 6.49. The van der Waals surface area contributed by atoms with E-state index < -0.39 is 11.9 Å². The summed E-state index contributed by atoms with van der Waals surface area (Å²) in [5, 5.41) is 21.1. The van der Waals surface area contributed by atoms with Crippen molar-refractivity contribution in [1.82, 2.24) is 5.32 Å². The molecule has 1 heterocycles. The Balaban J connectivity index is 1.70. The highest BCUT2D eigenvalue weighted by Crippen LogP contribution is 2.25. The third-order valence-electron chi connectivity index (χ3n) is 5.08. The third-order valence-corrected chi connectivity index (χ3v) is 5.08. The Bertz CT molecular complexity index is 902. The fourth-order valence-electron chi connectivity index (χ4n) is 3.49. The van der Waals surface area contributed by atoms with E-state index in [0.717, 1.165) is 43.6 Å². The van der Waals surface area contributed by atoms with Crippen molar-refractivity contribution < 1.29 is 24.6 Å². The Morgan fingerprint density at radius 1 is 0.862 bits per heavy atom. The standard InChI is InChI=1S/C22H24N2O5/c25-20(23-11-10-15-4-6-16(7-5-15)21(26)27)18-14-17(22(28)29)8-9-19(18)24-12-2-1-3-13-24/h4-9,14H,1-3,10-13H2,(H,23,25)(H,26,27)(H,28,29). The van der Waals surface area contributed by atoms with Crippen LogP contribution in [0.2, 0.25) is 0 Å². The predicted octanol–water partition coefficient (Wildman–Crippen LogP) is 3.05. The molecular formula is C22H24N2O5. The van der Waals surface area contributed by atoms with Crippen LogP contribution in [0.3, 0.4) is 0 Å². The average molecular weight is 396 g/mol. The van der Waals surface area contributed by atoms with Crippen molar-refractivity contribution in [3.8, 4) is 0 Å². The highest BCUT2D eigenvalue weighted by molar-refractivity contribution is 6.02. The van der Waals surface area contributed by atoms with Gasteiger partial charge >= 0.3 is 11.9 Å². The first-order valence-electron chi connectivity index (χ1n) is 9.68. The quantitative estimate of drug-likeness (QED) is 0.664. The first-order chi connectivity index (χ1) is 14.0. The molecule has 0 radical (unpaired) electrons. The van der Waals surface area contributed by atoms with E-state index in [9.17, 15) is 19.5 Å². The lowest BCUT2D eigenvalue weighted by Crippen LogP contribution is -2.33. The van der Waals surface area contributed by atoms with Gasteiger partial charge in [0.05, 0.1) is 16.7 Å². The third kappa shape index (κ3) is 5.13. The maximum Gasteiger partial charge on any atom is 0.335 e. The molecule has 3 rings (SSSR count). The van der Waals surface area contributed by atoms with Crippen molar-refractivity contribution >= 4 is 23.5 Å². The van der Waals surface area contributed by atoms with Gasteiger partial charge in [0, 0.05) is 25.3 Å². The number of piperidine rings is 1. The lowest BCUT2D eigenvalue weighted by molar-refractivity contribution is 0.0686. The number of rotatable bonds is 7. The number of carbonyl (C=O) groups is 3. The molecular weight excluding hydrogens is 372 g/mol. The van der Waals surface area contributed by atoms with Crippen LogP contribution < -0.4 is 10.2 Å². The minimum Gasteiger partial charge on any atom is -0.478 e. The highest BCUT2D eigenvalue weighted by atomic mass is 16.4.